The molecule has 0 N–H and O–H groups in total. The zero-order valence-corrected chi connectivity index (χ0v) is 8.41. The van der Waals surface area contributed by atoms with Gasteiger partial charge in [-0.3, -0.25) is 0 Å². The van der Waals surface area contributed by atoms with Gasteiger partial charge in [0, 0.05) is 23.6 Å². The van der Waals surface area contributed by atoms with E-state index in [1.54, 1.807) is 6.07 Å². The summed E-state index contributed by atoms with van der Waals surface area (Å²) in [6, 6.07) is 5.16. The minimum atomic E-state index is -0.615. The molecule has 1 aliphatic rings. The summed E-state index contributed by atoms with van der Waals surface area (Å²) in [5.74, 6) is 0.0197. The van der Waals surface area contributed by atoms with Crippen LogP contribution in [-0.4, -0.2) is 5.16 Å². The second-order valence-corrected chi connectivity index (χ2v) is 4.01. The SMILES string of the molecule is Fc1ccc(-c2cc(C3CC3)on2)c(F)c1. The van der Waals surface area contributed by atoms with E-state index in [-0.39, 0.29) is 5.56 Å². The lowest BCUT2D eigenvalue weighted by Gasteiger charge is -1.97. The molecule has 1 aromatic heterocycles. The van der Waals surface area contributed by atoms with Crippen LogP contribution < -0.4 is 0 Å². The zero-order valence-electron chi connectivity index (χ0n) is 8.41. The van der Waals surface area contributed by atoms with Crippen LogP contribution in [0.3, 0.4) is 0 Å². The van der Waals surface area contributed by atoms with Gasteiger partial charge in [-0.15, -0.1) is 0 Å². The third kappa shape index (κ3) is 1.60. The number of aromatic nitrogens is 1. The highest BCUT2D eigenvalue weighted by Gasteiger charge is 2.28. The van der Waals surface area contributed by atoms with Crippen molar-refractivity contribution in [3.8, 4) is 11.3 Å². The molecule has 0 unspecified atom stereocenters. The summed E-state index contributed by atoms with van der Waals surface area (Å²) in [4.78, 5) is 0. The first kappa shape index (κ1) is 9.51. The Morgan fingerprint density at radius 1 is 1.19 bits per heavy atom. The fourth-order valence-corrected chi connectivity index (χ4v) is 1.67. The third-order valence-corrected chi connectivity index (χ3v) is 2.72. The van der Waals surface area contributed by atoms with Crippen molar-refractivity contribution in [3.63, 3.8) is 0 Å². The predicted molar refractivity (Wildman–Crippen MR) is 53.8 cm³/mol. The van der Waals surface area contributed by atoms with Crippen molar-refractivity contribution in [2.45, 2.75) is 18.8 Å². The maximum Gasteiger partial charge on any atom is 0.140 e. The standard InChI is InChI=1S/C12H9F2NO/c13-8-3-4-9(10(14)5-8)11-6-12(16-15-11)7-1-2-7/h3-7H,1-2H2. The fraction of sp³-hybridized carbons (Fsp3) is 0.250. The molecule has 0 atom stereocenters. The van der Waals surface area contributed by atoms with E-state index in [0.29, 0.717) is 11.6 Å². The van der Waals surface area contributed by atoms with Gasteiger partial charge in [-0.05, 0) is 25.0 Å². The topological polar surface area (TPSA) is 26.0 Å². The molecule has 0 spiro atoms. The van der Waals surface area contributed by atoms with Crippen LogP contribution in [0.25, 0.3) is 11.3 Å². The Kier molecular flexibility index (Phi) is 2.02. The van der Waals surface area contributed by atoms with Crippen LogP contribution in [0.5, 0.6) is 0 Å². The Morgan fingerprint density at radius 2 is 2.00 bits per heavy atom. The molecule has 0 aliphatic heterocycles. The first-order valence-electron chi connectivity index (χ1n) is 5.16. The molecule has 0 amide bonds. The maximum absolute atomic E-state index is 13.4. The zero-order chi connectivity index (χ0) is 11.1. The van der Waals surface area contributed by atoms with Crippen LogP contribution >= 0.6 is 0 Å². The third-order valence-electron chi connectivity index (χ3n) is 2.72. The van der Waals surface area contributed by atoms with Gasteiger partial charge in [0.25, 0.3) is 0 Å². The molecule has 4 heteroatoms. The Morgan fingerprint density at radius 3 is 2.69 bits per heavy atom. The summed E-state index contributed by atoms with van der Waals surface area (Å²) < 4.78 is 31.3. The van der Waals surface area contributed by atoms with Gasteiger partial charge in [-0.25, -0.2) is 8.78 Å². The van der Waals surface area contributed by atoms with Gasteiger partial charge in [0.2, 0.25) is 0 Å². The van der Waals surface area contributed by atoms with Crippen molar-refractivity contribution in [2.75, 3.05) is 0 Å². The Bertz CT molecular complexity index is 532. The minimum absolute atomic E-state index is 0.275. The van der Waals surface area contributed by atoms with Gasteiger partial charge in [-0.1, -0.05) is 5.16 Å². The molecular formula is C12H9F2NO. The molecule has 1 saturated carbocycles. The van der Waals surface area contributed by atoms with Crippen LogP contribution in [0.4, 0.5) is 8.78 Å². The molecule has 1 fully saturated rings. The van der Waals surface area contributed by atoms with Crippen molar-refractivity contribution >= 4 is 0 Å². The molecule has 0 saturated heterocycles. The van der Waals surface area contributed by atoms with Crippen LogP contribution in [0.2, 0.25) is 0 Å². The number of rotatable bonds is 2. The van der Waals surface area contributed by atoms with E-state index in [0.717, 1.165) is 24.7 Å². The molecule has 0 bridgehead atoms. The van der Waals surface area contributed by atoms with E-state index >= 15 is 0 Å². The van der Waals surface area contributed by atoms with Gasteiger partial charge in [0.15, 0.2) is 0 Å². The monoisotopic (exact) mass is 221 g/mol. The van der Waals surface area contributed by atoms with E-state index < -0.39 is 11.6 Å². The Balaban J connectivity index is 2.00. The minimum Gasteiger partial charge on any atom is -0.360 e. The summed E-state index contributed by atoms with van der Waals surface area (Å²) in [6.07, 6.45) is 2.20. The molecular weight excluding hydrogens is 212 g/mol. The van der Waals surface area contributed by atoms with E-state index in [4.69, 9.17) is 4.52 Å². The smallest absolute Gasteiger partial charge is 0.140 e. The summed E-state index contributed by atoms with van der Waals surface area (Å²) in [5.41, 5.74) is 0.705. The Labute approximate surface area is 90.9 Å². The van der Waals surface area contributed by atoms with Crippen LogP contribution in [0.15, 0.2) is 28.8 Å². The van der Waals surface area contributed by atoms with Gasteiger partial charge in [0.05, 0.1) is 0 Å². The van der Waals surface area contributed by atoms with E-state index in [1.165, 1.54) is 12.1 Å². The molecule has 1 aliphatic carbocycles. The average Bonchev–Trinajstić information content (AvgIpc) is 2.98. The second-order valence-electron chi connectivity index (χ2n) is 4.01. The summed E-state index contributed by atoms with van der Waals surface area (Å²) in [5, 5.41) is 3.80. The normalized spacial score (nSPS) is 15.4. The van der Waals surface area contributed by atoms with Crippen molar-refractivity contribution < 1.29 is 13.3 Å². The fourth-order valence-electron chi connectivity index (χ4n) is 1.67. The molecule has 2 aromatic rings. The highest BCUT2D eigenvalue weighted by molar-refractivity contribution is 5.59. The highest BCUT2D eigenvalue weighted by atomic mass is 19.1. The molecule has 3 rings (SSSR count). The number of halogens is 2. The lowest BCUT2D eigenvalue weighted by Crippen LogP contribution is -1.85. The van der Waals surface area contributed by atoms with Gasteiger partial charge in [-0.2, -0.15) is 0 Å². The van der Waals surface area contributed by atoms with Crippen molar-refractivity contribution in [2.24, 2.45) is 0 Å². The average molecular weight is 221 g/mol. The van der Waals surface area contributed by atoms with E-state index in [2.05, 4.69) is 5.16 Å². The van der Waals surface area contributed by atoms with Crippen molar-refractivity contribution in [1.29, 1.82) is 0 Å². The van der Waals surface area contributed by atoms with Gasteiger partial charge >= 0.3 is 0 Å². The number of hydrogen-bond donors (Lipinski definition) is 0. The molecule has 0 radical (unpaired) electrons. The summed E-state index contributed by atoms with van der Waals surface area (Å²) >= 11 is 0. The quantitative estimate of drug-likeness (QED) is 0.775. The number of nitrogens with zero attached hydrogens (tertiary/aromatic N) is 1. The lowest BCUT2D eigenvalue weighted by atomic mass is 10.1. The van der Waals surface area contributed by atoms with Crippen LogP contribution in [-0.2, 0) is 0 Å². The number of hydrogen-bond acceptors (Lipinski definition) is 2. The summed E-state index contributed by atoms with van der Waals surface area (Å²) in [7, 11) is 0. The van der Waals surface area contributed by atoms with E-state index in [9.17, 15) is 8.78 Å². The summed E-state index contributed by atoms with van der Waals surface area (Å²) in [6.45, 7) is 0. The van der Waals surface area contributed by atoms with Crippen molar-refractivity contribution in [1.82, 2.24) is 5.16 Å². The number of benzene rings is 1. The molecule has 2 nitrogen and oxygen atoms in total. The van der Waals surface area contributed by atoms with Crippen LogP contribution in [0, 0.1) is 11.6 Å². The van der Waals surface area contributed by atoms with Gasteiger partial charge in [0.1, 0.15) is 23.1 Å². The predicted octanol–water partition coefficient (Wildman–Crippen LogP) is 3.50. The lowest BCUT2D eigenvalue weighted by molar-refractivity contribution is 0.386. The van der Waals surface area contributed by atoms with Crippen LogP contribution in [0.1, 0.15) is 24.5 Å². The first-order valence-corrected chi connectivity index (χ1v) is 5.16. The first-order chi connectivity index (χ1) is 7.74. The largest absolute Gasteiger partial charge is 0.360 e. The van der Waals surface area contributed by atoms with E-state index in [1.807, 2.05) is 0 Å². The molecule has 16 heavy (non-hydrogen) atoms. The maximum atomic E-state index is 13.4. The molecule has 82 valence electrons. The molecule has 1 aromatic carbocycles. The van der Waals surface area contributed by atoms with Crippen molar-refractivity contribution in [3.05, 3.63) is 41.7 Å². The Hall–Kier alpha value is -1.71. The second kappa shape index (κ2) is 3.40. The highest BCUT2D eigenvalue weighted by Crippen LogP contribution is 2.41. The van der Waals surface area contributed by atoms with Gasteiger partial charge < -0.3 is 4.52 Å². The molecule has 1 heterocycles.